The van der Waals surface area contributed by atoms with Gasteiger partial charge in [-0.05, 0) is 66.2 Å². The molecule has 0 saturated carbocycles. The maximum Gasteiger partial charge on any atom is 0.343 e. The molecule has 6 nitrogen and oxygen atoms in total. The zero-order valence-corrected chi connectivity index (χ0v) is 18.3. The number of ether oxygens (including phenoxy) is 2. The van der Waals surface area contributed by atoms with Crippen LogP contribution in [0.15, 0.2) is 72.3 Å². The van der Waals surface area contributed by atoms with Crippen LogP contribution in [0.4, 0.5) is 5.69 Å². The van der Waals surface area contributed by atoms with Crippen LogP contribution >= 0.6 is 23.2 Å². The fraction of sp³-hybridized carbons (Fsp3) is 0.0417. The number of hydrogen-bond donors (Lipinski definition) is 1. The Morgan fingerprint density at radius 1 is 0.938 bits per heavy atom. The second kappa shape index (κ2) is 10.5. The number of halogens is 2. The van der Waals surface area contributed by atoms with Gasteiger partial charge in [0.15, 0.2) is 0 Å². The molecule has 0 aromatic heterocycles. The van der Waals surface area contributed by atoms with Crippen molar-refractivity contribution in [1.82, 2.24) is 0 Å². The van der Waals surface area contributed by atoms with Gasteiger partial charge in [0, 0.05) is 15.7 Å². The lowest BCUT2D eigenvalue weighted by Crippen LogP contribution is -2.13. The third kappa shape index (κ3) is 6.11. The lowest BCUT2D eigenvalue weighted by atomic mass is 10.1. The summed E-state index contributed by atoms with van der Waals surface area (Å²) in [6.45, 7) is 0. The Morgan fingerprint density at radius 3 is 2.09 bits per heavy atom. The minimum absolute atomic E-state index is 0.121. The average Bonchev–Trinajstić information content (AvgIpc) is 2.77. The van der Waals surface area contributed by atoms with Crippen molar-refractivity contribution in [3.05, 3.63) is 93.5 Å². The number of nitrogens with one attached hydrogen (secondary N) is 1. The number of methoxy groups -OCH3 is 1. The normalized spacial score (nSPS) is 10.8. The van der Waals surface area contributed by atoms with Gasteiger partial charge in [-0.2, -0.15) is 5.26 Å². The Bertz CT molecular complexity index is 1190. The SMILES string of the molecule is COc1ccc(C(=O)Oc2ccc(/C=C(/C#N)C(=O)Nc3cc(Cl)cc(Cl)c3)cc2)cc1. The predicted octanol–water partition coefficient (Wildman–Crippen LogP) is 5.77. The molecule has 0 unspecified atom stereocenters. The summed E-state index contributed by atoms with van der Waals surface area (Å²) in [7, 11) is 1.54. The number of hydrogen-bond acceptors (Lipinski definition) is 5. The zero-order valence-electron chi connectivity index (χ0n) is 16.8. The van der Waals surface area contributed by atoms with Gasteiger partial charge in [0.05, 0.1) is 12.7 Å². The first kappa shape index (κ1) is 22.9. The quantitative estimate of drug-likeness (QED) is 0.215. The van der Waals surface area contributed by atoms with Crippen molar-refractivity contribution in [3.63, 3.8) is 0 Å². The van der Waals surface area contributed by atoms with Crippen molar-refractivity contribution in [2.24, 2.45) is 0 Å². The fourth-order valence-electron chi connectivity index (χ4n) is 2.66. The molecule has 0 aliphatic heterocycles. The van der Waals surface area contributed by atoms with Gasteiger partial charge in [0.2, 0.25) is 0 Å². The molecule has 0 aliphatic rings. The van der Waals surface area contributed by atoms with Gasteiger partial charge in [0.25, 0.3) is 5.91 Å². The third-order valence-corrected chi connectivity index (χ3v) is 4.65. The van der Waals surface area contributed by atoms with E-state index in [9.17, 15) is 14.9 Å². The van der Waals surface area contributed by atoms with Crippen LogP contribution in [0.25, 0.3) is 6.08 Å². The molecule has 0 spiro atoms. The molecular formula is C24H16Cl2N2O4. The van der Waals surface area contributed by atoms with E-state index in [2.05, 4.69) is 5.32 Å². The van der Waals surface area contributed by atoms with Crippen molar-refractivity contribution in [2.45, 2.75) is 0 Å². The molecule has 1 amide bonds. The van der Waals surface area contributed by atoms with E-state index in [0.29, 0.717) is 38.4 Å². The Balaban J connectivity index is 1.68. The number of anilines is 1. The van der Waals surface area contributed by atoms with Crippen molar-refractivity contribution >= 4 is 46.8 Å². The molecule has 3 aromatic carbocycles. The van der Waals surface area contributed by atoms with Crippen molar-refractivity contribution in [2.75, 3.05) is 12.4 Å². The average molecular weight is 467 g/mol. The summed E-state index contributed by atoms with van der Waals surface area (Å²) < 4.78 is 10.4. The van der Waals surface area contributed by atoms with Crippen LogP contribution in [0.1, 0.15) is 15.9 Å². The van der Waals surface area contributed by atoms with Gasteiger partial charge >= 0.3 is 5.97 Å². The molecule has 3 aromatic rings. The van der Waals surface area contributed by atoms with Gasteiger partial charge in [-0.15, -0.1) is 0 Å². The highest BCUT2D eigenvalue weighted by molar-refractivity contribution is 6.35. The molecule has 0 fully saturated rings. The monoisotopic (exact) mass is 466 g/mol. The highest BCUT2D eigenvalue weighted by Gasteiger charge is 2.12. The Labute approximate surface area is 194 Å². The molecule has 0 atom stereocenters. The first-order valence-corrected chi connectivity index (χ1v) is 9.99. The number of benzene rings is 3. The van der Waals surface area contributed by atoms with Crippen LogP contribution in [-0.4, -0.2) is 19.0 Å². The summed E-state index contributed by atoms with van der Waals surface area (Å²) in [5, 5.41) is 12.7. The summed E-state index contributed by atoms with van der Waals surface area (Å²) in [5.74, 6) is -0.179. The fourth-order valence-corrected chi connectivity index (χ4v) is 3.19. The number of esters is 1. The molecule has 32 heavy (non-hydrogen) atoms. The van der Waals surface area contributed by atoms with E-state index in [1.807, 2.05) is 6.07 Å². The second-order valence-corrected chi connectivity index (χ2v) is 7.34. The lowest BCUT2D eigenvalue weighted by molar-refractivity contribution is -0.112. The van der Waals surface area contributed by atoms with E-state index in [1.54, 1.807) is 48.5 Å². The molecule has 0 heterocycles. The number of amides is 1. The standard InChI is InChI=1S/C24H16Cl2N2O4/c1-31-21-8-4-16(5-9-21)24(30)32-22-6-2-15(3-7-22)10-17(14-27)23(29)28-20-12-18(25)11-19(26)13-20/h2-13H,1H3,(H,28,29)/b17-10-. The van der Waals surface area contributed by atoms with Gasteiger partial charge < -0.3 is 14.8 Å². The van der Waals surface area contributed by atoms with Gasteiger partial charge in [-0.25, -0.2) is 4.79 Å². The molecule has 0 radical (unpaired) electrons. The number of rotatable bonds is 6. The van der Waals surface area contributed by atoms with Crippen LogP contribution in [0.3, 0.4) is 0 Å². The number of nitriles is 1. The number of carbonyl (C=O) groups is 2. The molecule has 0 saturated heterocycles. The molecule has 1 N–H and O–H groups in total. The van der Waals surface area contributed by atoms with Crippen LogP contribution in [0.5, 0.6) is 11.5 Å². The first-order valence-electron chi connectivity index (χ1n) is 9.23. The van der Waals surface area contributed by atoms with E-state index in [0.717, 1.165) is 0 Å². The smallest absolute Gasteiger partial charge is 0.343 e. The summed E-state index contributed by atoms with van der Waals surface area (Å²) in [4.78, 5) is 24.7. The van der Waals surface area contributed by atoms with Crippen LogP contribution in [0, 0.1) is 11.3 Å². The third-order valence-electron chi connectivity index (χ3n) is 4.21. The number of carbonyl (C=O) groups excluding carboxylic acids is 2. The molecule has 160 valence electrons. The molecule has 0 bridgehead atoms. The van der Waals surface area contributed by atoms with E-state index in [1.165, 1.54) is 31.4 Å². The van der Waals surface area contributed by atoms with Crippen molar-refractivity contribution in [3.8, 4) is 17.6 Å². The largest absolute Gasteiger partial charge is 0.497 e. The number of nitrogens with zero attached hydrogens (tertiary/aromatic N) is 1. The van der Waals surface area contributed by atoms with Crippen LogP contribution in [-0.2, 0) is 4.79 Å². The minimum Gasteiger partial charge on any atom is -0.497 e. The van der Waals surface area contributed by atoms with Gasteiger partial charge in [-0.1, -0.05) is 35.3 Å². The van der Waals surface area contributed by atoms with Crippen LogP contribution < -0.4 is 14.8 Å². The summed E-state index contributed by atoms with van der Waals surface area (Å²) >= 11 is 11.8. The Hall–Kier alpha value is -3.79. The lowest BCUT2D eigenvalue weighted by Gasteiger charge is -2.07. The zero-order chi connectivity index (χ0) is 23.1. The van der Waals surface area contributed by atoms with Crippen molar-refractivity contribution in [1.29, 1.82) is 5.26 Å². The second-order valence-electron chi connectivity index (χ2n) is 6.47. The van der Waals surface area contributed by atoms with E-state index >= 15 is 0 Å². The Morgan fingerprint density at radius 2 is 1.53 bits per heavy atom. The molecule has 8 heteroatoms. The molecule has 3 rings (SSSR count). The summed E-state index contributed by atoms with van der Waals surface area (Å²) in [6, 6.07) is 19.3. The van der Waals surface area contributed by atoms with E-state index in [4.69, 9.17) is 32.7 Å². The molecule has 0 aliphatic carbocycles. The van der Waals surface area contributed by atoms with Crippen molar-refractivity contribution < 1.29 is 19.1 Å². The topological polar surface area (TPSA) is 88.4 Å². The minimum atomic E-state index is -0.610. The van der Waals surface area contributed by atoms with E-state index < -0.39 is 11.9 Å². The molecular weight excluding hydrogens is 451 g/mol. The maximum atomic E-state index is 12.4. The van der Waals surface area contributed by atoms with Gasteiger partial charge in [-0.3, -0.25) is 4.79 Å². The van der Waals surface area contributed by atoms with Gasteiger partial charge in [0.1, 0.15) is 23.1 Å². The van der Waals surface area contributed by atoms with E-state index in [-0.39, 0.29) is 5.57 Å². The Kier molecular flexibility index (Phi) is 7.50. The summed E-state index contributed by atoms with van der Waals surface area (Å²) in [6.07, 6.45) is 1.41. The maximum absolute atomic E-state index is 12.4. The highest BCUT2D eigenvalue weighted by Crippen LogP contribution is 2.23. The highest BCUT2D eigenvalue weighted by atomic mass is 35.5. The summed E-state index contributed by atoms with van der Waals surface area (Å²) in [5.41, 5.74) is 1.20. The van der Waals surface area contributed by atoms with Crippen LogP contribution in [0.2, 0.25) is 10.0 Å². The first-order chi connectivity index (χ1) is 15.4. The predicted molar refractivity (Wildman–Crippen MR) is 123 cm³/mol.